The molecule has 1 rings (SSSR count). The first-order chi connectivity index (χ1) is 8.17. The molecule has 17 heavy (non-hydrogen) atoms. The summed E-state index contributed by atoms with van der Waals surface area (Å²) in [5.74, 6) is -0.0909. The van der Waals surface area contributed by atoms with Crippen molar-refractivity contribution in [3.63, 3.8) is 0 Å². The molecule has 1 aromatic carbocycles. The van der Waals surface area contributed by atoms with Crippen LogP contribution in [0.1, 0.15) is 22.8 Å². The third kappa shape index (κ3) is 4.54. The normalized spacial score (nSPS) is 12.2. The number of carbonyl (C=O) groups excluding carboxylic acids is 1. The second-order valence-corrected chi connectivity index (χ2v) is 3.89. The van der Waals surface area contributed by atoms with Crippen molar-refractivity contribution in [1.82, 2.24) is 5.32 Å². The fourth-order valence-corrected chi connectivity index (χ4v) is 1.39. The lowest BCUT2D eigenvalue weighted by Crippen LogP contribution is -2.31. The first kappa shape index (κ1) is 13.7. The monoisotopic (exact) mass is 237 g/mol. The van der Waals surface area contributed by atoms with Crippen LogP contribution in [-0.2, 0) is 16.1 Å². The van der Waals surface area contributed by atoms with Crippen molar-refractivity contribution < 1.29 is 14.3 Å². The van der Waals surface area contributed by atoms with Crippen LogP contribution >= 0.6 is 0 Å². The first-order valence-electron chi connectivity index (χ1n) is 5.56. The van der Waals surface area contributed by atoms with Gasteiger partial charge in [-0.25, -0.2) is 0 Å². The topological polar surface area (TPSA) is 47.6 Å². The van der Waals surface area contributed by atoms with Crippen LogP contribution in [0.5, 0.6) is 0 Å². The van der Waals surface area contributed by atoms with Crippen molar-refractivity contribution in [3.8, 4) is 0 Å². The summed E-state index contributed by atoms with van der Waals surface area (Å²) in [5, 5.41) is 2.81. The minimum Gasteiger partial charge on any atom is -0.380 e. The molecule has 0 aliphatic carbocycles. The predicted molar refractivity (Wildman–Crippen MR) is 66.0 cm³/mol. The van der Waals surface area contributed by atoms with Crippen molar-refractivity contribution in [2.45, 2.75) is 19.6 Å². The Labute approximate surface area is 102 Å². The number of methoxy groups -OCH3 is 2. The third-order valence-corrected chi connectivity index (χ3v) is 2.45. The largest absolute Gasteiger partial charge is 0.380 e. The van der Waals surface area contributed by atoms with Gasteiger partial charge in [0.05, 0.1) is 12.7 Å². The molecule has 0 aliphatic heterocycles. The maximum atomic E-state index is 11.8. The lowest BCUT2D eigenvalue weighted by Gasteiger charge is -2.11. The molecule has 0 heterocycles. The zero-order chi connectivity index (χ0) is 12.7. The summed E-state index contributed by atoms with van der Waals surface area (Å²) < 4.78 is 10.1. The number of hydrogen-bond acceptors (Lipinski definition) is 3. The van der Waals surface area contributed by atoms with Gasteiger partial charge in [0.1, 0.15) is 0 Å². The van der Waals surface area contributed by atoms with Gasteiger partial charge < -0.3 is 14.8 Å². The van der Waals surface area contributed by atoms with Gasteiger partial charge >= 0.3 is 0 Å². The van der Waals surface area contributed by atoms with E-state index in [9.17, 15) is 4.79 Å². The van der Waals surface area contributed by atoms with E-state index in [-0.39, 0.29) is 12.0 Å². The van der Waals surface area contributed by atoms with Crippen LogP contribution in [0.2, 0.25) is 0 Å². The van der Waals surface area contributed by atoms with Crippen molar-refractivity contribution in [3.05, 3.63) is 35.4 Å². The van der Waals surface area contributed by atoms with Crippen LogP contribution in [0.15, 0.2) is 24.3 Å². The molecule has 1 amide bonds. The fraction of sp³-hybridized carbons (Fsp3) is 0.462. The van der Waals surface area contributed by atoms with E-state index < -0.39 is 0 Å². The van der Waals surface area contributed by atoms with Gasteiger partial charge in [-0.1, -0.05) is 12.1 Å². The van der Waals surface area contributed by atoms with E-state index in [0.29, 0.717) is 18.7 Å². The molecule has 0 aromatic heterocycles. The Morgan fingerprint density at radius 2 is 2.18 bits per heavy atom. The molecule has 94 valence electrons. The van der Waals surface area contributed by atoms with Gasteiger partial charge in [-0.3, -0.25) is 4.79 Å². The number of benzene rings is 1. The van der Waals surface area contributed by atoms with Crippen LogP contribution in [0, 0.1) is 0 Å². The van der Waals surface area contributed by atoms with Gasteiger partial charge in [0.2, 0.25) is 0 Å². The van der Waals surface area contributed by atoms with Crippen LogP contribution in [0.4, 0.5) is 0 Å². The van der Waals surface area contributed by atoms with Crippen molar-refractivity contribution in [1.29, 1.82) is 0 Å². The number of hydrogen-bond donors (Lipinski definition) is 1. The van der Waals surface area contributed by atoms with Gasteiger partial charge in [0.25, 0.3) is 5.91 Å². The van der Waals surface area contributed by atoms with Crippen molar-refractivity contribution >= 4 is 5.91 Å². The number of rotatable bonds is 6. The number of carbonyl (C=O) groups is 1. The van der Waals surface area contributed by atoms with Gasteiger partial charge in [-0.05, 0) is 24.6 Å². The molecule has 0 fully saturated rings. The molecule has 1 N–H and O–H groups in total. The van der Waals surface area contributed by atoms with Gasteiger partial charge in [0.15, 0.2) is 0 Å². The van der Waals surface area contributed by atoms with Crippen LogP contribution in [-0.4, -0.2) is 32.8 Å². The number of ether oxygens (including phenoxy) is 2. The minimum atomic E-state index is -0.0909. The van der Waals surface area contributed by atoms with E-state index in [1.807, 2.05) is 25.1 Å². The van der Waals surface area contributed by atoms with Gasteiger partial charge in [-0.15, -0.1) is 0 Å². The Bertz CT molecular complexity index is 365. The molecule has 1 unspecified atom stereocenters. The van der Waals surface area contributed by atoms with E-state index in [4.69, 9.17) is 9.47 Å². The van der Waals surface area contributed by atoms with Gasteiger partial charge in [0, 0.05) is 26.3 Å². The zero-order valence-corrected chi connectivity index (χ0v) is 10.5. The third-order valence-electron chi connectivity index (χ3n) is 2.45. The van der Waals surface area contributed by atoms with Crippen molar-refractivity contribution in [2.75, 3.05) is 20.8 Å². The van der Waals surface area contributed by atoms with E-state index in [0.717, 1.165) is 5.56 Å². The highest BCUT2D eigenvalue weighted by Crippen LogP contribution is 2.06. The molecule has 1 atom stereocenters. The molecule has 4 heteroatoms. The summed E-state index contributed by atoms with van der Waals surface area (Å²) in [6.45, 7) is 2.92. The highest BCUT2D eigenvalue weighted by Gasteiger charge is 2.07. The molecule has 0 radical (unpaired) electrons. The van der Waals surface area contributed by atoms with E-state index in [1.165, 1.54) is 0 Å². The molecular weight excluding hydrogens is 218 g/mol. The minimum absolute atomic E-state index is 0.0149. The average Bonchev–Trinajstić information content (AvgIpc) is 2.36. The highest BCUT2D eigenvalue weighted by atomic mass is 16.5. The molecule has 0 bridgehead atoms. The Morgan fingerprint density at radius 3 is 2.82 bits per heavy atom. The highest BCUT2D eigenvalue weighted by molar-refractivity contribution is 5.94. The quantitative estimate of drug-likeness (QED) is 0.817. The summed E-state index contributed by atoms with van der Waals surface area (Å²) >= 11 is 0. The maximum absolute atomic E-state index is 11.8. The number of amides is 1. The summed E-state index contributed by atoms with van der Waals surface area (Å²) in [4.78, 5) is 11.8. The standard InChI is InChI=1S/C13H19NO3/c1-10(17-3)8-14-13(15)12-6-4-5-11(7-12)9-16-2/h4-7,10H,8-9H2,1-3H3,(H,14,15). The van der Waals surface area contributed by atoms with E-state index in [2.05, 4.69) is 5.32 Å². The first-order valence-corrected chi connectivity index (χ1v) is 5.56. The molecular formula is C13H19NO3. The Kier molecular flexibility index (Phi) is 5.66. The van der Waals surface area contributed by atoms with Crippen LogP contribution in [0.3, 0.4) is 0 Å². The Hall–Kier alpha value is -1.39. The number of nitrogens with one attached hydrogen (secondary N) is 1. The molecule has 4 nitrogen and oxygen atoms in total. The summed E-state index contributed by atoms with van der Waals surface area (Å²) in [7, 11) is 3.25. The van der Waals surface area contributed by atoms with E-state index in [1.54, 1.807) is 20.3 Å². The SMILES string of the molecule is COCc1cccc(C(=O)NCC(C)OC)c1. The second-order valence-electron chi connectivity index (χ2n) is 3.89. The molecule has 0 aliphatic rings. The second kappa shape index (κ2) is 7.04. The van der Waals surface area contributed by atoms with Crippen LogP contribution < -0.4 is 5.32 Å². The fourth-order valence-electron chi connectivity index (χ4n) is 1.39. The average molecular weight is 237 g/mol. The molecule has 1 aromatic rings. The molecule has 0 saturated carbocycles. The molecule has 0 spiro atoms. The Morgan fingerprint density at radius 1 is 1.41 bits per heavy atom. The zero-order valence-electron chi connectivity index (χ0n) is 10.5. The lowest BCUT2D eigenvalue weighted by molar-refractivity contribution is 0.0870. The predicted octanol–water partition coefficient (Wildman–Crippen LogP) is 1.60. The Balaban J connectivity index is 2.59. The summed E-state index contributed by atoms with van der Waals surface area (Å²) in [6.07, 6.45) is 0.0149. The molecule has 0 saturated heterocycles. The summed E-state index contributed by atoms with van der Waals surface area (Å²) in [5.41, 5.74) is 1.63. The smallest absolute Gasteiger partial charge is 0.251 e. The lowest BCUT2D eigenvalue weighted by atomic mass is 10.1. The van der Waals surface area contributed by atoms with Gasteiger partial charge in [-0.2, -0.15) is 0 Å². The maximum Gasteiger partial charge on any atom is 0.251 e. The van der Waals surface area contributed by atoms with Crippen molar-refractivity contribution in [2.24, 2.45) is 0 Å². The van der Waals surface area contributed by atoms with Crippen LogP contribution in [0.25, 0.3) is 0 Å². The van der Waals surface area contributed by atoms with E-state index >= 15 is 0 Å². The summed E-state index contributed by atoms with van der Waals surface area (Å²) in [6, 6.07) is 7.39.